The number of carbonyl (C=O) groups excluding carboxylic acids is 1. The number of aryl methyl sites for hydroxylation is 1. The highest BCUT2D eigenvalue weighted by Crippen LogP contribution is 2.41. The van der Waals surface area contributed by atoms with E-state index in [4.69, 9.17) is 4.74 Å². The van der Waals surface area contributed by atoms with Crippen molar-refractivity contribution in [1.82, 2.24) is 14.8 Å². The maximum Gasteiger partial charge on any atom is 0.415 e. The number of para-hydroxylation sites is 1. The van der Waals surface area contributed by atoms with Crippen LogP contribution in [0.1, 0.15) is 31.4 Å². The summed E-state index contributed by atoms with van der Waals surface area (Å²) in [6, 6.07) is 12.2. The normalized spacial score (nSPS) is 22.2. The Labute approximate surface area is 198 Å². The average Bonchev–Trinajstić information content (AvgIpc) is 3.39. The summed E-state index contributed by atoms with van der Waals surface area (Å²) in [7, 11) is 0. The molecule has 0 atom stereocenters. The molecule has 3 heterocycles. The van der Waals surface area contributed by atoms with E-state index in [0.717, 1.165) is 49.4 Å². The molecular weight excluding hydrogens is 445 g/mol. The molecule has 2 aromatic heterocycles. The van der Waals surface area contributed by atoms with Crippen molar-refractivity contribution in [3.8, 4) is 5.69 Å². The lowest BCUT2D eigenvalue weighted by Gasteiger charge is -2.35. The summed E-state index contributed by atoms with van der Waals surface area (Å²) < 4.78 is 21.4. The molecule has 1 aliphatic carbocycles. The van der Waals surface area contributed by atoms with Crippen molar-refractivity contribution >= 4 is 30.0 Å². The molecule has 0 bridgehead atoms. The van der Waals surface area contributed by atoms with E-state index in [2.05, 4.69) is 15.4 Å². The molecule has 33 heavy (non-hydrogen) atoms. The summed E-state index contributed by atoms with van der Waals surface area (Å²) >= 11 is 0. The second-order valence-corrected chi connectivity index (χ2v) is 8.67. The van der Waals surface area contributed by atoms with Gasteiger partial charge in [0.15, 0.2) is 0 Å². The molecule has 1 aliphatic heterocycles. The van der Waals surface area contributed by atoms with Gasteiger partial charge in [0.2, 0.25) is 0 Å². The first-order valence-corrected chi connectivity index (χ1v) is 11.0. The molecule has 1 spiro atoms. The van der Waals surface area contributed by atoms with Crippen LogP contribution in [0.5, 0.6) is 0 Å². The van der Waals surface area contributed by atoms with Gasteiger partial charge >= 0.3 is 6.09 Å². The number of pyridine rings is 1. The lowest BCUT2D eigenvalue weighted by molar-refractivity contribution is 0.0148. The van der Waals surface area contributed by atoms with Crippen LogP contribution < -0.4 is 10.2 Å². The van der Waals surface area contributed by atoms with Gasteiger partial charge in [0, 0.05) is 25.0 Å². The van der Waals surface area contributed by atoms with Gasteiger partial charge in [-0.15, -0.1) is 12.4 Å². The Morgan fingerprint density at radius 1 is 1.15 bits per heavy atom. The van der Waals surface area contributed by atoms with Gasteiger partial charge in [-0.1, -0.05) is 12.1 Å². The lowest BCUT2D eigenvalue weighted by atomic mass is 9.78. The van der Waals surface area contributed by atoms with Gasteiger partial charge in [-0.25, -0.2) is 13.9 Å². The minimum Gasteiger partial charge on any atom is -0.441 e. The molecule has 0 radical (unpaired) electrons. The van der Waals surface area contributed by atoms with Gasteiger partial charge in [0.05, 0.1) is 17.9 Å². The highest BCUT2D eigenvalue weighted by Gasteiger charge is 2.47. The van der Waals surface area contributed by atoms with E-state index in [0.29, 0.717) is 18.2 Å². The Balaban J connectivity index is 0.00000259. The third-order valence-corrected chi connectivity index (χ3v) is 6.52. The number of benzene rings is 1. The first-order chi connectivity index (χ1) is 15.5. The van der Waals surface area contributed by atoms with Crippen molar-refractivity contribution in [1.29, 1.82) is 0 Å². The van der Waals surface area contributed by atoms with Gasteiger partial charge < -0.3 is 10.1 Å². The van der Waals surface area contributed by atoms with E-state index in [1.807, 2.05) is 25.1 Å². The molecule has 1 amide bonds. The van der Waals surface area contributed by atoms with E-state index in [1.165, 1.54) is 6.07 Å². The number of anilines is 2. The number of nitrogens with zero attached hydrogens (tertiary/aromatic N) is 4. The molecule has 3 aromatic rings. The van der Waals surface area contributed by atoms with Crippen LogP contribution in [0.15, 0.2) is 54.9 Å². The molecule has 1 saturated heterocycles. The molecule has 7 nitrogen and oxygen atoms in total. The molecule has 0 unspecified atom stereocenters. The molecule has 1 N–H and O–H groups in total. The van der Waals surface area contributed by atoms with Crippen LogP contribution in [0.25, 0.3) is 5.69 Å². The molecular formula is C24H27ClFN5O2. The van der Waals surface area contributed by atoms with E-state index in [-0.39, 0.29) is 24.3 Å². The number of nitrogens with one attached hydrogen (secondary N) is 1. The average molecular weight is 472 g/mol. The molecule has 2 aliphatic rings. The first-order valence-electron chi connectivity index (χ1n) is 11.0. The van der Waals surface area contributed by atoms with Crippen LogP contribution >= 0.6 is 12.4 Å². The topological polar surface area (TPSA) is 72.3 Å². The Morgan fingerprint density at radius 2 is 1.91 bits per heavy atom. The van der Waals surface area contributed by atoms with Gasteiger partial charge in [-0.05, 0) is 62.8 Å². The Bertz CT molecular complexity index is 1130. The smallest absolute Gasteiger partial charge is 0.415 e. The summed E-state index contributed by atoms with van der Waals surface area (Å²) in [5.41, 5.74) is 1.66. The van der Waals surface area contributed by atoms with Crippen molar-refractivity contribution in [2.45, 2.75) is 38.2 Å². The van der Waals surface area contributed by atoms with Crippen LogP contribution in [0.2, 0.25) is 0 Å². The number of ether oxygens (including phenoxy) is 1. The monoisotopic (exact) mass is 471 g/mol. The second kappa shape index (κ2) is 9.39. The number of rotatable bonds is 5. The van der Waals surface area contributed by atoms with Gasteiger partial charge in [-0.3, -0.25) is 9.88 Å². The predicted molar refractivity (Wildman–Crippen MR) is 127 cm³/mol. The SMILES string of the molecule is Cc1ncccc1N1CC2(CCC(CNc3ccn(-c4ccccc4F)n3)CC2)OC1=O.Cl. The largest absolute Gasteiger partial charge is 0.441 e. The van der Waals surface area contributed by atoms with Crippen LogP contribution in [0, 0.1) is 18.7 Å². The Morgan fingerprint density at radius 3 is 2.67 bits per heavy atom. The van der Waals surface area contributed by atoms with E-state index < -0.39 is 5.60 Å². The van der Waals surface area contributed by atoms with Crippen molar-refractivity contribution in [3.63, 3.8) is 0 Å². The Kier molecular flexibility index (Phi) is 6.56. The third kappa shape index (κ3) is 4.66. The zero-order chi connectivity index (χ0) is 22.1. The maximum absolute atomic E-state index is 14.0. The van der Waals surface area contributed by atoms with Crippen molar-refractivity contribution in [3.05, 3.63) is 66.4 Å². The quantitative estimate of drug-likeness (QED) is 0.558. The number of halogens is 2. The number of hydrogen-bond donors (Lipinski definition) is 1. The maximum atomic E-state index is 14.0. The molecule has 9 heteroatoms. The fourth-order valence-corrected chi connectivity index (χ4v) is 4.68. The zero-order valence-corrected chi connectivity index (χ0v) is 19.2. The molecule has 2 fully saturated rings. The molecule has 174 valence electrons. The molecule has 1 aromatic carbocycles. The lowest BCUT2D eigenvalue weighted by Crippen LogP contribution is -2.39. The fraction of sp³-hybridized carbons (Fsp3) is 0.375. The number of hydrogen-bond acceptors (Lipinski definition) is 5. The standard InChI is InChI=1S/C24H26FN5O2.ClH/c1-17-20(7-4-13-26-17)29-16-24(32-23(29)31)11-8-18(9-12-24)15-27-22-10-14-30(28-22)21-6-3-2-5-19(21)25;/h2-7,10,13-14,18H,8-9,11-12,15-16H2,1H3,(H,27,28);1H. The summed E-state index contributed by atoms with van der Waals surface area (Å²) in [6.45, 7) is 3.26. The third-order valence-electron chi connectivity index (χ3n) is 6.52. The van der Waals surface area contributed by atoms with E-state index in [1.54, 1.807) is 40.2 Å². The number of amides is 1. The Hall–Kier alpha value is -3.13. The molecule has 1 saturated carbocycles. The summed E-state index contributed by atoms with van der Waals surface area (Å²) in [5, 5.41) is 7.82. The van der Waals surface area contributed by atoms with Crippen molar-refractivity contribution in [2.75, 3.05) is 23.3 Å². The van der Waals surface area contributed by atoms with Crippen LogP contribution in [-0.4, -0.2) is 39.5 Å². The molecule has 5 rings (SSSR count). The van der Waals surface area contributed by atoms with Crippen molar-refractivity contribution < 1.29 is 13.9 Å². The van der Waals surface area contributed by atoms with Gasteiger partial charge in [0.1, 0.15) is 22.9 Å². The van der Waals surface area contributed by atoms with Crippen LogP contribution in [0.3, 0.4) is 0 Å². The van der Waals surface area contributed by atoms with Crippen LogP contribution in [-0.2, 0) is 4.74 Å². The number of aromatic nitrogens is 3. The second-order valence-electron chi connectivity index (χ2n) is 8.67. The van der Waals surface area contributed by atoms with Gasteiger partial charge in [-0.2, -0.15) is 5.10 Å². The van der Waals surface area contributed by atoms with Crippen LogP contribution in [0.4, 0.5) is 20.7 Å². The summed E-state index contributed by atoms with van der Waals surface area (Å²) in [6.07, 6.45) is 6.81. The minimum absolute atomic E-state index is 0. The van der Waals surface area contributed by atoms with E-state index >= 15 is 0 Å². The first kappa shape index (κ1) is 23.0. The number of carbonyl (C=O) groups is 1. The highest BCUT2D eigenvalue weighted by atomic mass is 35.5. The summed E-state index contributed by atoms with van der Waals surface area (Å²) in [5.74, 6) is 0.882. The minimum atomic E-state index is -0.414. The van der Waals surface area contributed by atoms with E-state index in [9.17, 15) is 9.18 Å². The zero-order valence-electron chi connectivity index (χ0n) is 18.4. The summed E-state index contributed by atoms with van der Waals surface area (Å²) in [4.78, 5) is 18.6. The highest BCUT2D eigenvalue weighted by molar-refractivity contribution is 5.90. The van der Waals surface area contributed by atoms with Gasteiger partial charge in [0.25, 0.3) is 0 Å². The predicted octanol–water partition coefficient (Wildman–Crippen LogP) is 5.13. The van der Waals surface area contributed by atoms with Crippen molar-refractivity contribution in [2.24, 2.45) is 5.92 Å². The fourth-order valence-electron chi connectivity index (χ4n) is 4.68.